The van der Waals surface area contributed by atoms with Crippen molar-refractivity contribution in [3.8, 4) is 0 Å². The Balaban J connectivity index is 3.08. The predicted octanol–water partition coefficient (Wildman–Crippen LogP) is 0.999. The highest BCUT2D eigenvalue weighted by molar-refractivity contribution is 5.60. The van der Waals surface area contributed by atoms with E-state index < -0.39 is 23.7 Å². The molecule has 0 aliphatic heterocycles. The number of hydrogen-bond donors (Lipinski definition) is 2. The molecule has 70 valence electrons. The molecule has 0 fully saturated rings. The second kappa shape index (κ2) is 4.42. The number of benzene rings is 1. The number of aliphatic hydroxyl groups is 1. The zero-order valence-electron chi connectivity index (χ0n) is 10.5. The van der Waals surface area contributed by atoms with E-state index in [9.17, 15) is 10.1 Å². The summed E-state index contributed by atoms with van der Waals surface area (Å²) in [6.45, 7) is -6.02. The van der Waals surface area contributed by atoms with Crippen molar-refractivity contribution in [2.24, 2.45) is 0 Å². The highest BCUT2D eigenvalue weighted by Crippen LogP contribution is 2.22. The molecular weight excluding hydrogens is 172 g/mol. The monoisotopic (exact) mass is 186 g/mol. The number of nitrogens with one attached hydrogen (secondary N) is 1. The molecular formula is C8H10N2O3. The molecule has 1 aromatic carbocycles. The molecule has 0 aliphatic carbocycles. The largest absolute Gasteiger partial charge is 0.395 e. The maximum Gasteiger partial charge on any atom is 0.292 e. The van der Waals surface area contributed by atoms with Crippen LogP contribution in [0.25, 0.3) is 0 Å². The summed E-state index contributed by atoms with van der Waals surface area (Å²) in [5, 5.41) is 21.6. The number of anilines is 1. The fourth-order valence-corrected chi connectivity index (χ4v) is 0.834. The third-order valence-corrected chi connectivity index (χ3v) is 1.35. The molecule has 0 amide bonds. The number of nitro benzene ring substituents is 1. The summed E-state index contributed by atoms with van der Waals surface area (Å²) in [5.74, 6) is 0. The average molecular weight is 186 g/mol. The van der Waals surface area contributed by atoms with Crippen LogP contribution in [0.3, 0.4) is 0 Å². The van der Waals surface area contributed by atoms with Crippen LogP contribution in [0.4, 0.5) is 11.4 Å². The fraction of sp³-hybridized carbons (Fsp3) is 0.250. The molecule has 1 rings (SSSR count). The number of para-hydroxylation sites is 2. The van der Waals surface area contributed by atoms with Crippen molar-refractivity contribution < 1.29 is 15.5 Å². The Morgan fingerprint density at radius 3 is 2.92 bits per heavy atom. The molecule has 0 bridgehead atoms. The second-order valence-electron chi connectivity index (χ2n) is 2.14. The van der Waals surface area contributed by atoms with Crippen molar-refractivity contribution in [1.29, 1.82) is 0 Å². The van der Waals surface area contributed by atoms with Crippen molar-refractivity contribution in [3.63, 3.8) is 0 Å². The Hall–Kier alpha value is -1.62. The van der Waals surface area contributed by atoms with Gasteiger partial charge in [-0.1, -0.05) is 12.1 Å². The van der Waals surface area contributed by atoms with E-state index in [1.165, 1.54) is 18.2 Å². The van der Waals surface area contributed by atoms with Crippen LogP contribution in [0.5, 0.6) is 0 Å². The Morgan fingerprint density at radius 1 is 1.62 bits per heavy atom. The molecule has 0 atom stereocenters. The molecule has 0 heterocycles. The van der Waals surface area contributed by atoms with E-state index >= 15 is 0 Å². The molecule has 0 aliphatic rings. The third kappa shape index (κ3) is 2.41. The summed E-state index contributed by atoms with van der Waals surface area (Å²) in [5.41, 5.74) is -0.610. The van der Waals surface area contributed by atoms with E-state index in [1.54, 1.807) is 0 Å². The lowest BCUT2D eigenvalue weighted by Gasteiger charge is -2.03. The summed E-state index contributed by atoms with van der Waals surface area (Å²) < 4.78 is 28.3. The highest BCUT2D eigenvalue weighted by atomic mass is 16.6. The zero-order valence-corrected chi connectivity index (χ0v) is 6.52. The topological polar surface area (TPSA) is 75.4 Å². The summed E-state index contributed by atoms with van der Waals surface area (Å²) in [6.07, 6.45) is 0. The van der Waals surface area contributed by atoms with Crippen LogP contribution in [0.1, 0.15) is 5.48 Å². The van der Waals surface area contributed by atoms with E-state index in [0.29, 0.717) is 0 Å². The van der Waals surface area contributed by atoms with Gasteiger partial charge in [0.05, 0.1) is 17.0 Å². The lowest BCUT2D eigenvalue weighted by atomic mass is 10.2. The predicted molar refractivity (Wildman–Crippen MR) is 48.7 cm³/mol. The highest BCUT2D eigenvalue weighted by Gasteiger charge is 2.10. The Labute approximate surface area is 80.8 Å². The van der Waals surface area contributed by atoms with Gasteiger partial charge in [-0.3, -0.25) is 10.1 Å². The fourth-order valence-electron chi connectivity index (χ4n) is 0.834. The zero-order chi connectivity index (χ0) is 13.3. The minimum atomic E-state index is -3.17. The Kier molecular flexibility index (Phi) is 1.76. The Morgan fingerprint density at radius 2 is 2.31 bits per heavy atom. The van der Waals surface area contributed by atoms with Gasteiger partial charge in [0.1, 0.15) is 5.69 Å². The first-order valence-corrected chi connectivity index (χ1v) is 3.39. The summed E-state index contributed by atoms with van der Waals surface area (Å²) in [7, 11) is 0. The minimum absolute atomic E-state index is 0.208. The first kappa shape index (κ1) is 5.18. The molecule has 0 radical (unpaired) electrons. The van der Waals surface area contributed by atoms with Crippen LogP contribution in [0, 0.1) is 10.1 Å². The Bertz CT molecular complexity index is 433. The van der Waals surface area contributed by atoms with Crippen LogP contribution in [-0.4, -0.2) is 23.1 Å². The first-order chi connectivity index (χ1) is 7.65. The second-order valence-corrected chi connectivity index (χ2v) is 2.14. The molecule has 0 spiro atoms. The van der Waals surface area contributed by atoms with Gasteiger partial charge in [0, 0.05) is 12.6 Å². The van der Waals surface area contributed by atoms with Crippen LogP contribution < -0.4 is 5.32 Å². The number of rotatable bonds is 4. The quantitative estimate of drug-likeness (QED) is 0.543. The van der Waals surface area contributed by atoms with Gasteiger partial charge in [0.2, 0.25) is 0 Å². The lowest BCUT2D eigenvalue weighted by Crippen LogP contribution is -2.07. The lowest BCUT2D eigenvalue weighted by molar-refractivity contribution is -0.384. The summed E-state index contributed by atoms with van der Waals surface area (Å²) in [4.78, 5) is 9.91. The summed E-state index contributed by atoms with van der Waals surface area (Å²) >= 11 is 0. The standard InChI is InChI=1S/C8H10N2O3/c11-6-5-9-7-3-1-2-4-8(7)10(12)13/h1-4,9,11H,5-6H2/i5D2,6D2. The average Bonchev–Trinajstić information content (AvgIpc) is 2.15. The van der Waals surface area contributed by atoms with Gasteiger partial charge in [0.25, 0.3) is 5.69 Å². The van der Waals surface area contributed by atoms with Gasteiger partial charge < -0.3 is 10.4 Å². The molecule has 0 aromatic heterocycles. The maximum atomic E-state index is 10.6. The van der Waals surface area contributed by atoms with Crippen LogP contribution in [-0.2, 0) is 0 Å². The molecule has 2 N–H and O–H groups in total. The van der Waals surface area contributed by atoms with Crippen molar-refractivity contribution in [1.82, 2.24) is 0 Å². The van der Waals surface area contributed by atoms with Crippen LogP contribution in [0.2, 0.25) is 0 Å². The number of nitro groups is 1. The van der Waals surface area contributed by atoms with Crippen molar-refractivity contribution in [2.45, 2.75) is 0 Å². The van der Waals surface area contributed by atoms with Crippen LogP contribution in [0.15, 0.2) is 24.3 Å². The molecule has 1 aromatic rings. The number of nitrogens with zero attached hydrogens (tertiary/aromatic N) is 1. The van der Waals surface area contributed by atoms with Gasteiger partial charge in [-0.25, -0.2) is 0 Å². The molecule has 5 heteroatoms. The van der Waals surface area contributed by atoms with Gasteiger partial charge in [-0.05, 0) is 6.07 Å². The maximum absolute atomic E-state index is 10.6. The smallest absolute Gasteiger partial charge is 0.292 e. The van der Waals surface area contributed by atoms with E-state index in [-0.39, 0.29) is 5.69 Å². The van der Waals surface area contributed by atoms with Crippen molar-refractivity contribution in [3.05, 3.63) is 34.4 Å². The van der Waals surface area contributed by atoms with E-state index in [4.69, 9.17) is 10.6 Å². The van der Waals surface area contributed by atoms with Crippen molar-refractivity contribution >= 4 is 11.4 Å². The summed E-state index contributed by atoms with van der Waals surface area (Å²) in [6, 6.07) is 5.19. The normalized spacial score (nSPS) is 16.4. The van der Waals surface area contributed by atoms with Gasteiger partial charge >= 0.3 is 0 Å². The molecule has 5 nitrogen and oxygen atoms in total. The van der Waals surface area contributed by atoms with Gasteiger partial charge in [-0.15, -0.1) is 0 Å². The minimum Gasteiger partial charge on any atom is -0.395 e. The van der Waals surface area contributed by atoms with E-state index in [2.05, 4.69) is 0 Å². The van der Waals surface area contributed by atoms with E-state index in [1.807, 2.05) is 5.32 Å². The third-order valence-electron chi connectivity index (χ3n) is 1.35. The number of hydrogen-bond acceptors (Lipinski definition) is 4. The molecule has 13 heavy (non-hydrogen) atoms. The van der Waals surface area contributed by atoms with Crippen molar-refractivity contribution in [2.75, 3.05) is 18.4 Å². The SMILES string of the molecule is [2H]C([2H])(O)C([2H])([2H])Nc1ccccc1[N+](=O)[O-]. The van der Waals surface area contributed by atoms with Gasteiger partial charge in [-0.2, -0.15) is 0 Å². The van der Waals surface area contributed by atoms with E-state index in [0.717, 1.165) is 6.07 Å². The first-order valence-electron chi connectivity index (χ1n) is 5.39. The molecule has 0 unspecified atom stereocenters. The van der Waals surface area contributed by atoms with Crippen LogP contribution >= 0.6 is 0 Å². The molecule has 0 saturated heterocycles. The molecule has 0 saturated carbocycles. The van der Waals surface area contributed by atoms with Gasteiger partial charge in [0.15, 0.2) is 0 Å².